The first-order valence-electron chi connectivity index (χ1n) is 6.97. The van der Waals surface area contributed by atoms with Crippen molar-refractivity contribution in [2.45, 2.75) is 30.7 Å². The van der Waals surface area contributed by atoms with E-state index in [0.717, 1.165) is 25.9 Å². The van der Waals surface area contributed by atoms with E-state index in [4.69, 9.17) is 10.7 Å². The third kappa shape index (κ3) is 3.59. The molecule has 2 heterocycles. The van der Waals surface area contributed by atoms with Crippen LogP contribution in [0.2, 0.25) is 0 Å². The van der Waals surface area contributed by atoms with Crippen LogP contribution >= 0.6 is 10.7 Å². The Morgan fingerprint density at radius 3 is 2.62 bits per heavy atom. The molecule has 0 unspecified atom stereocenters. The number of halogens is 1. The predicted octanol–water partition coefficient (Wildman–Crippen LogP) is 1.43. The summed E-state index contributed by atoms with van der Waals surface area (Å²) in [5.41, 5.74) is 0.380. The molecule has 6 nitrogen and oxygen atoms in total. The fraction of sp³-hybridized carbons (Fsp3) is 0.615. The van der Waals surface area contributed by atoms with Gasteiger partial charge in [0.25, 0.3) is 15.0 Å². The number of piperidine rings is 1. The molecule has 0 spiro atoms. The number of carbonyl (C=O) groups is 1. The first-order chi connectivity index (χ1) is 9.84. The van der Waals surface area contributed by atoms with Crippen LogP contribution in [0.25, 0.3) is 0 Å². The molecule has 1 N–H and O–H groups in total. The van der Waals surface area contributed by atoms with Gasteiger partial charge in [-0.05, 0) is 38.9 Å². The second kappa shape index (κ2) is 6.37. The molecule has 2 rings (SSSR count). The summed E-state index contributed by atoms with van der Waals surface area (Å²) in [5.74, 6) is -0.192. The Balaban J connectivity index is 2.45. The van der Waals surface area contributed by atoms with Gasteiger partial charge in [0.05, 0.1) is 0 Å². The van der Waals surface area contributed by atoms with Gasteiger partial charge in [-0.1, -0.05) is 0 Å². The summed E-state index contributed by atoms with van der Waals surface area (Å²) in [5, 5.41) is 3.25. The predicted molar refractivity (Wildman–Crippen MR) is 81.2 cm³/mol. The summed E-state index contributed by atoms with van der Waals surface area (Å²) in [6.45, 7) is 4.13. The summed E-state index contributed by atoms with van der Waals surface area (Å²) in [7, 11) is 3.27. The lowest BCUT2D eigenvalue weighted by atomic mass is 10.1. The van der Waals surface area contributed by atoms with Crippen molar-refractivity contribution < 1.29 is 13.2 Å². The fourth-order valence-corrected chi connectivity index (χ4v) is 3.23. The van der Waals surface area contributed by atoms with Gasteiger partial charge in [-0.25, -0.2) is 8.42 Å². The molecule has 1 saturated heterocycles. The zero-order valence-corrected chi connectivity index (χ0v) is 13.7. The number of aromatic nitrogens is 1. The van der Waals surface area contributed by atoms with Crippen LogP contribution < -0.4 is 5.32 Å². The van der Waals surface area contributed by atoms with E-state index >= 15 is 0 Å². The molecular formula is C13H20ClN3O3S. The van der Waals surface area contributed by atoms with Gasteiger partial charge in [-0.15, -0.1) is 0 Å². The Labute approximate surface area is 129 Å². The summed E-state index contributed by atoms with van der Waals surface area (Å²) in [6.07, 6.45) is 3.19. The molecule has 1 aromatic heterocycles. The van der Waals surface area contributed by atoms with Gasteiger partial charge < -0.3 is 14.8 Å². The Morgan fingerprint density at radius 2 is 2.10 bits per heavy atom. The van der Waals surface area contributed by atoms with Crippen molar-refractivity contribution >= 4 is 25.6 Å². The van der Waals surface area contributed by atoms with E-state index in [2.05, 4.69) is 5.32 Å². The van der Waals surface area contributed by atoms with E-state index < -0.39 is 9.05 Å². The molecule has 1 aliphatic rings. The van der Waals surface area contributed by atoms with Gasteiger partial charge in [0.15, 0.2) is 0 Å². The Kier molecular flexibility index (Phi) is 4.95. The van der Waals surface area contributed by atoms with Crippen molar-refractivity contribution in [3.63, 3.8) is 0 Å². The van der Waals surface area contributed by atoms with Crippen LogP contribution in [0, 0.1) is 0 Å². The van der Waals surface area contributed by atoms with Crippen molar-refractivity contribution in [3.8, 4) is 0 Å². The number of hydrogen-bond donors (Lipinski definition) is 1. The SMILES string of the molecule is CCN(C)C(=O)c1cc(S(=O)(=O)Cl)cn1C1CCNCC1. The highest BCUT2D eigenvalue weighted by molar-refractivity contribution is 8.13. The number of amides is 1. The molecular weight excluding hydrogens is 314 g/mol. The Hall–Kier alpha value is -1.05. The molecule has 1 fully saturated rings. The van der Waals surface area contributed by atoms with Gasteiger partial charge in [-0.2, -0.15) is 0 Å². The van der Waals surface area contributed by atoms with Crippen LogP contribution in [-0.2, 0) is 9.05 Å². The summed E-state index contributed by atoms with van der Waals surface area (Å²) in [6, 6.07) is 1.49. The Morgan fingerprint density at radius 1 is 1.48 bits per heavy atom. The smallest absolute Gasteiger partial charge is 0.270 e. The van der Waals surface area contributed by atoms with Crippen LogP contribution in [0.1, 0.15) is 36.3 Å². The average molecular weight is 334 g/mol. The molecule has 8 heteroatoms. The van der Waals surface area contributed by atoms with Crippen molar-refractivity contribution in [2.24, 2.45) is 0 Å². The second-order valence-electron chi connectivity index (χ2n) is 5.21. The van der Waals surface area contributed by atoms with Crippen LogP contribution in [0.15, 0.2) is 17.2 Å². The van der Waals surface area contributed by atoms with Gasteiger partial charge in [0.1, 0.15) is 10.6 Å². The lowest BCUT2D eigenvalue weighted by Crippen LogP contribution is -2.33. The van der Waals surface area contributed by atoms with Gasteiger partial charge in [-0.3, -0.25) is 4.79 Å². The first kappa shape index (κ1) is 16.3. The van der Waals surface area contributed by atoms with E-state index in [0.29, 0.717) is 12.2 Å². The van der Waals surface area contributed by atoms with Gasteiger partial charge >= 0.3 is 0 Å². The Bertz CT molecular complexity index is 621. The van der Waals surface area contributed by atoms with E-state index in [9.17, 15) is 13.2 Å². The lowest BCUT2D eigenvalue weighted by Gasteiger charge is -2.26. The minimum atomic E-state index is -3.84. The highest BCUT2D eigenvalue weighted by Crippen LogP contribution is 2.27. The van der Waals surface area contributed by atoms with Crippen LogP contribution in [0.5, 0.6) is 0 Å². The van der Waals surface area contributed by atoms with E-state index in [-0.39, 0.29) is 16.8 Å². The topological polar surface area (TPSA) is 71.4 Å². The molecule has 0 bridgehead atoms. The zero-order valence-electron chi connectivity index (χ0n) is 12.2. The highest BCUT2D eigenvalue weighted by Gasteiger charge is 2.26. The molecule has 1 aromatic rings. The summed E-state index contributed by atoms with van der Waals surface area (Å²) >= 11 is 0. The summed E-state index contributed by atoms with van der Waals surface area (Å²) in [4.78, 5) is 14.0. The summed E-state index contributed by atoms with van der Waals surface area (Å²) < 4.78 is 24.9. The standard InChI is InChI=1S/C13H20ClN3O3S/c1-3-16(2)13(18)12-8-11(21(14,19)20)9-17(12)10-4-6-15-7-5-10/h8-10,15H,3-7H2,1-2H3. The van der Waals surface area contributed by atoms with Crippen LogP contribution in [0.3, 0.4) is 0 Å². The zero-order chi connectivity index (χ0) is 15.6. The average Bonchev–Trinajstić information content (AvgIpc) is 2.91. The molecule has 0 aliphatic carbocycles. The first-order valence-corrected chi connectivity index (χ1v) is 9.28. The molecule has 118 valence electrons. The second-order valence-corrected chi connectivity index (χ2v) is 7.77. The number of hydrogen-bond acceptors (Lipinski definition) is 4. The maximum Gasteiger partial charge on any atom is 0.270 e. The normalized spacial score (nSPS) is 16.9. The van der Waals surface area contributed by atoms with Crippen LogP contribution in [0.4, 0.5) is 0 Å². The number of nitrogens with zero attached hydrogens (tertiary/aromatic N) is 2. The number of carbonyl (C=O) groups excluding carboxylic acids is 1. The van der Waals surface area contributed by atoms with E-state index in [1.165, 1.54) is 12.3 Å². The largest absolute Gasteiger partial charge is 0.341 e. The van der Waals surface area contributed by atoms with Crippen molar-refractivity contribution in [2.75, 3.05) is 26.7 Å². The monoisotopic (exact) mass is 333 g/mol. The van der Waals surface area contributed by atoms with E-state index in [1.807, 2.05) is 6.92 Å². The highest BCUT2D eigenvalue weighted by atomic mass is 35.7. The molecule has 21 heavy (non-hydrogen) atoms. The van der Waals surface area contributed by atoms with Gasteiger partial charge in [0.2, 0.25) is 0 Å². The van der Waals surface area contributed by atoms with Crippen molar-refractivity contribution in [1.82, 2.24) is 14.8 Å². The molecule has 0 radical (unpaired) electrons. The number of nitrogens with one attached hydrogen (secondary N) is 1. The molecule has 1 aliphatic heterocycles. The minimum Gasteiger partial charge on any atom is -0.341 e. The fourth-order valence-electron chi connectivity index (χ4n) is 2.48. The third-order valence-corrected chi connectivity index (χ3v) is 5.17. The molecule has 0 atom stereocenters. The van der Waals surface area contributed by atoms with E-state index in [1.54, 1.807) is 16.5 Å². The lowest BCUT2D eigenvalue weighted by molar-refractivity contribution is 0.0788. The molecule has 0 aromatic carbocycles. The minimum absolute atomic E-state index is 0.0180. The quantitative estimate of drug-likeness (QED) is 0.846. The van der Waals surface area contributed by atoms with Gasteiger partial charge in [0, 0.05) is 36.5 Å². The molecule has 1 amide bonds. The van der Waals surface area contributed by atoms with Crippen molar-refractivity contribution in [1.29, 1.82) is 0 Å². The van der Waals surface area contributed by atoms with Crippen LogP contribution in [-0.4, -0.2) is 50.5 Å². The van der Waals surface area contributed by atoms with Crippen molar-refractivity contribution in [3.05, 3.63) is 18.0 Å². The maximum atomic E-state index is 12.4. The number of rotatable bonds is 4. The third-order valence-electron chi connectivity index (χ3n) is 3.85. The molecule has 0 saturated carbocycles. The maximum absolute atomic E-state index is 12.4.